The molecule has 0 aliphatic carbocycles. The van der Waals surface area contributed by atoms with Gasteiger partial charge in [-0.3, -0.25) is 0 Å². The SMILES string of the molecule is c1ccc(-c2nc(-c3ccc(-c4cc5c(-c6ccccc6)nc6ccccc6c5c5c4oc4ccccc45)cc3)nc(-c3cccc4sc5ccccc5c34)n2)cc1.c1ccc(-c2nc3ccccc3c3c2cc(-c2ccc(-c4nc(-c5cccc6oc7ccccc7c56)nc(-c5cccc6oc7ccccc7c56)n4)cc2)c2sc4ccccc4c23)cc1. The van der Waals surface area contributed by atoms with Crippen molar-refractivity contribution in [2.75, 3.05) is 0 Å². The molecule has 17 aromatic carbocycles. The molecular formula is C110H62N8O3S2. The number of hydrogen-bond donors (Lipinski definition) is 0. The standard InChI is InChI=1S/C58H32N4O2S.C52H30N4OS/c1-2-14-34(15-3-1)54-43-32-42(55-53(39-19-7-11-27-49(39)65-55)52(43)36-16-4-8-22-44(36)59-54)33-28-30-35(31-29-33)56-60-57(40-20-12-25-47-50(40)37-17-5-9-23-45(37)63-47)62-58(61-56)41-21-13-26-48-51(41)38-18-6-10-24-46(38)64-48;1-3-14-32(15-4-1)48-40-30-39(49-47(36-19-8-11-23-42(36)57-49)46(40)35-18-7-10-22-41(35)53-48)31-26-28-34(29-27-31)51-54-50(33-16-5-2-6-17-33)55-52(56-51)38-21-13-25-44-45(38)37-20-9-12-24-43(37)58-44/h1-32H;1-30H. The van der Waals surface area contributed by atoms with Crippen LogP contribution < -0.4 is 0 Å². The smallest absolute Gasteiger partial charge is 0.164 e. The van der Waals surface area contributed by atoms with Gasteiger partial charge in [0.2, 0.25) is 0 Å². The summed E-state index contributed by atoms with van der Waals surface area (Å²) in [4.78, 5) is 41.8. The predicted molar refractivity (Wildman–Crippen MR) is 507 cm³/mol. The van der Waals surface area contributed by atoms with E-state index in [0.717, 1.165) is 187 Å². The highest BCUT2D eigenvalue weighted by Crippen LogP contribution is 2.51. The van der Waals surface area contributed by atoms with Crippen molar-refractivity contribution in [1.82, 2.24) is 39.9 Å². The van der Waals surface area contributed by atoms with Gasteiger partial charge >= 0.3 is 0 Å². The molecule has 11 nitrogen and oxygen atoms in total. The van der Waals surface area contributed by atoms with Gasteiger partial charge in [-0.25, -0.2) is 39.9 Å². The lowest BCUT2D eigenvalue weighted by atomic mass is 9.91. The fourth-order valence-corrected chi connectivity index (χ4v) is 20.7. The van der Waals surface area contributed by atoms with Gasteiger partial charge in [-0.2, -0.15) is 0 Å². The molecule has 0 N–H and O–H groups in total. The molecule has 0 unspecified atom stereocenters. The van der Waals surface area contributed by atoms with Crippen molar-refractivity contribution in [3.8, 4) is 113 Å². The number of para-hydroxylation sites is 5. The Morgan fingerprint density at radius 2 is 0.520 bits per heavy atom. The van der Waals surface area contributed by atoms with E-state index in [1.165, 1.54) is 40.3 Å². The Balaban J connectivity index is 0.000000136. The molecule has 0 radical (unpaired) electrons. The summed E-state index contributed by atoms with van der Waals surface area (Å²) in [5, 5.41) is 17.8. The van der Waals surface area contributed by atoms with Crippen LogP contribution in [0.15, 0.2) is 389 Å². The van der Waals surface area contributed by atoms with Gasteiger partial charge in [0.15, 0.2) is 34.9 Å². The molecule has 26 rings (SSSR count). The molecule has 9 aromatic heterocycles. The Labute approximate surface area is 709 Å². The summed E-state index contributed by atoms with van der Waals surface area (Å²) in [6.07, 6.45) is 0. The molecule has 0 aliphatic rings. The lowest BCUT2D eigenvalue weighted by Crippen LogP contribution is -2.00. The van der Waals surface area contributed by atoms with E-state index in [0.29, 0.717) is 34.9 Å². The third-order valence-corrected chi connectivity index (χ3v) is 26.2. The number of furan rings is 3. The van der Waals surface area contributed by atoms with Crippen molar-refractivity contribution < 1.29 is 13.3 Å². The molecule has 0 saturated heterocycles. The van der Waals surface area contributed by atoms with Gasteiger partial charge in [-0.05, 0) is 83.9 Å². The van der Waals surface area contributed by atoms with Crippen LogP contribution in [0, 0.1) is 0 Å². The van der Waals surface area contributed by atoms with Crippen molar-refractivity contribution in [2.24, 2.45) is 0 Å². The monoisotopic (exact) mass is 1610 g/mol. The van der Waals surface area contributed by atoms with Crippen molar-refractivity contribution in [1.29, 1.82) is 0 Å². The molecule has 0 fully saturated rings. The molecular weight excluding hydrogens is 1550 g/mol. The molecule has 572 valence electrons. The maximum Gasteiger partial charge on any atom is 0.164 e. The first kappa shape index (κ1) is 70.0. The summed E-state index contributed by atoms with van der Waals surface area (Å²) in [6.45, 7) is 0. The van der Waals surface area contributed by atoms with Crippen LogP contribution in [0.3, 0.4) is 0 Å². The molecule has 13 heteroatoms. The average molecular weight is 1610 g/mol. The summed E-state index contributed by atoms with van der Waals surface area (Å²) in [5.74, 6) is 3.58. The highest BCUT2D eigenvalue weighted by atomic mass is 32.1. The van der Waals surface area contributed by atoms with Crippen molar-refractivity contribution in [3.05, 3.63) is 376 Å². The lowest BCUT2D eigenvalue weighted by molar-refractivity contribution is 0.668. The zero-order valence-electron chi connectivity index (χ0n) is 65.4. The first-order chi connectivity index (χ1) is 61.0. The van der Waals surface area contributed by atoms with E-state index in [2.05, 4.69) is 273 Å². The minimum Gasteiger partial charge on any atom is -0.456 e. The van der Waals surface area contributed by atoms with E-state index in [1.807, 2.05) is 114 Å². The summed E-state index contributed by atoms with van der Waals surface area (Å²) < 4.78 is 24.4. The highest BCUT2D eigenvalue weighted by molar-refractivity contribution is 7.26. The van der Waals surface area contributed by atoms with Gasteiger partial charge < -0.3 is 13.3 Å². The largest absolute Gasteiger partial charge is 0.456 e. The lowest BCUT2D eigenvalue weighted by Gasteiger charge is -2.15. The first-order valence-corrected chi connectivity index (χ1v) is 42.6. The van der Waals surface area contributed by atoms with Crippen LogP contribution in [-0.2, 0) is 0 Å². The molecule has 0 aliphatic heterocycles. The van der Waals surface area contributed by atoms with Gasteiger partial charge in [0.25, 0.3) is 0 Å². The normalized spacial score (nSPS) is 11.9. The van der Waals surface area contributed by atoms with E-state index in [4.69, 9.17) is 53.1 Å². The first-order valence-electron chi connectivity index (χ1n) is 40.9. The zero-order chi connectivity index (χ0) is 80.7. The summed E-state index contributed by atoms with van der Waals surface area (Å²) >= 11 is 3.63. The van der Waals surface area contributed by atoms with Crippen LogP contribution in [0.1, 0.15) is 0 Å². The van der Waals surface area contributed by atoms with Gasteiger partial charge in [0.1, 0.15) is 33.5 Å². The number of hydrogen-bond acceptors (Lipinski definition) is 13. The second kappa shape index (κ2) is 28.3. The van der Waals surface area contributed by atoms with Gasteiger partial charge in [0.05, 0.1) is 22.4 Å². The molecule has 0 atom stereocenters. The minimum absolute atomic E-state index is 0.561. The second-order valence-corrected chi connectivity index (χ2v) is 33.1. The van der Waals surface area contributed by atoms with Gasteiger partial charge in [-0.1, -0.05) is 303 Å². The van der Waals surface area contributed by atoms with Crippen molar-refractivity contribution in [3.63, 3.8) is 0 Å². The summed E-state index contributed by atoms with van der Waals surface area (Å²) in [5.41, 5.74) is 20.6. The number of nitrogens with zero attached hydrogens (tertiary/aromatic N) is 8. The highest BCUT2D eigenvalue weighted by Gasteiger charge is 2.27. The van der Waals surface area contributed by atoms with Gasteiger partial charge in [-0.15, -0.1) is 22.7 Å². The fraction of sp³-hybridized carbons (Fsp3) is 0. The molecule has 0 amide bonds. The molecule has 26 aromatic rings. The third-order valence-electron chi connectivity index (χ3n) is 23.9. The van der Waals surface area contributed by atoms with E-state index >= 15 is 0 Å². The Morgan fingerprint density at radius 3 is 1.04 bits per heavy atom. The minimum atomic E-state index is 0.561. The van der Waals surface area contributed by atoms with E-state index < -0.39 is 0 Å². The number of fused-ring (bicyclic) bond motifs is 23. The average Bonchev–Trinajstić information content (AvgIpc) is 1.60. The van der Waals surface area contributed by atoms with E-state index in [9.17, 15) is 0 Å². The Hall–Kier alpha value is -16.1. The number of thiophene rings is 2. The Morgan fingerprint density at radius 1 is 0.179 bits per heavy atom. The van der Waals surface area contributed by atoms with Crippen LogP contribution in [0.4, 0.5) is 0 Å². The molecule has 0 saturated carbocycles. The fourth-order valence-electron chi connectivity index (χ4n) is 18.3. The topological polar surface area (TPSA) is 143 Å². The quantitative estimate of drug-likeness (QED) is 0.121. The maximum atomic E-state index is 6.79. The summed E-state index contributed by atoms with van der Waals surface area (Å²) in [7, 11) is 0. The number of aromatic nitrogens is 8. The molecule has 9 heterocycles. The summed E-state index contributed by atoms with van der Waals surface area (Å²) in [6, 6.07) is 130. The molecule has 123 heavy (non-hydrogen) atoms. The zero-order valence-corrected chi connectivity index (χ0v) is 67.0. The van der Waals surface area contributed by atoms with Crippen molar-refractivity contribution >= 4 is 172 Å². The van der Waals surface area contributed by atoms with E-state index in [-0.39, 0.29) is 0 Å². The number of rotatable bonds is 10. The maximum absolute atomic E-state index is 6.79. The Bertz CT molecular complexity index is 8690. The number of benzene rings is 17. The van der Waals surface area contributed by atoms with Crippen LogP contribution >= 0.6 is 22.7 Å². The molecule has 0 spiro atoms. The third kappa shape index (κ3) is 11.5. The van der Waals surface area contributed by atoms with Gasteiger partial charge in [0, 0.05) is 161 Å². The van der Waals surface area contributed by atoms with E-state index in [1.54, 1.807) is 11.3 Å². The number of pyridine rings is 2. The predicted octanol–water partition coefficient (Wildman–Crippen LogP) is 30.3. The second-order valence-electron chi connectivity index (χ2n) is 30.9. The van der Waals surface area contributed by atoms with Crippen LogP contribution in [0.2, 0.25) is 0 Å². The molecule has 0 bridgehead atoms. The van der Waals surface area contributed by atoms with Crippen LogP contribution in [0.25, 0.3) is 263 Å². The van der Waals surface area contributed by atoms with Crippen LogP contribution in [0.5, 0.6) is 0 Å². The van der Waals surface area contributed by atoms with Crippen LogP contribution in [-0.4, -0.2) is 39.9 Å². The Kier molecular flexibility index (Phi) is 16.1. The van der Waals surface area contributed by atoms with Crippen molar-refractivity contribution in [2.45, 2.75) is 0 Å².